The molecule has 0 aromatic carbocycles. The van der Waals surface area contributed by atoms with Gasteiger partial charge in [0.2, 0.25) is 5.91 Å². The van der Waals surface area contributed by atoms with Crippen LogP contribution in [0.1, 0.15) is 335 Å². The highest BCUT2D eigenvalue weighted by atomic mass is 16.5. The van der Waals surface area contributed by atoms with Crippen molar-refractivity contribution < 1.29 is 24.5 Å². The SMILES string of the molecule is CCCCCCCC/C=C\CCCCCCCC(=O)OCCCCCCCCCCCCCCCCCCCCCCCC(=O)NC(CO)C(O)/C=C/CCCCCCCCCCCCCCC. The van der Waals surface area contributed by atoms with E-state index in [0.717, 1.165) is 44.9 Å². The summed E-state index contributed by atoms with van der Waals surface area (Å²) in [6.07, 6.45) is 70.7. The third-order valence-corrected chi connectivity index (χ3v) is 14.2. The molecule has 0 heterocycles. The van der Waals surface area contributed by atoms with Gasteiger partial charge < -0.3 is 20.3 Å². The van der Waals surface area contributed by atoms with Crippen LogP contribution >= 0.6 is 0 Å². The number of esters is 1. The summed E-state index contributed by atoms with van der Waals surface area (Å²) in [5, 5.41) is 23.1. The lowest BCUT2D eigenvalue weighted by atomic mass is 10.0. The summed E-state index contributed by atoms with van der Waals surface area (Å²) in [4.78, 5) is 24.5. The van der Waals surface area contributed by atoms with Crippen molar-refractivity contribution in [3.8, 4) is 0 Å². The second kappa shape index (κ2) is 57.9. The van der Waals surface area contributed by atoms with Crippen LogP contribution in [0.2, 0.25) is 0 Å². The van der Waals surface area contributed by atoms with Crippen molar-refractivity contribution in [1.29, 1.82) is 0 Å². The largest absolute Gasteiger partial charge is 0.466 e. The number of unbranched alkanes of at least 4 members (excludes halogenated alkanes) is 44. The Hall–Kier alpha value is -1.66. The molecule has 2 atom stereocenters. The number of amides is 1. The number of rotatable bonds is 57. The first kappa shape index (κ1) is 66.3. The number of carbonyl (C=O) groups is 2. The summed E-state index contributed by atoms with van der Waals surface area (Å²) in [6.45, 7) is 4.91. The Morgan fingerprint density at radius 1 is 0.397 bits per heavy atom. The summed E-state index contributed by atoms with van der Waals surface area (Å²) in [6, 6.07) is -0.628. The molecule has 402 valence electrons. The molecular formula is C62H119NO5. The van der Waals surface area contributed by atoms with E-state index in [2.05, 4.69) is 31.3 Å². The first-order valence-corrected chi connectivity index (χ1v) is 30.6. The van der Waals surface area contributed by atoms with Crippen LogP contribution in [-0.2, 0) is 14.3 Å². The van der Waals surface area contributed by atoms with Crippen LogP contribution in [0, 0.1) is 0 Å². The molecule has 0 aliphatic rings. The molecule has 0 saturated carbocycles. The van der Waals surface area contributed by atoms with Gasteiger partial charge in [-0.1, -0.05) is 289 Å². The molecule has 0 aliphatic carbocycles. The maximum atomic E-state index is 12.5. The number of ether oxygens (including phenoxy) is 1. The van der Waals surface area contributed by atoms with Gasteiger partial charge in [-0.2, -0.15) is 0 Å². The highest BCUT2D eigenvalue weighted by Gasteiger charge is 2.18. The molecular weight excluding hydrogens is 839 g/mol. The highest BCUT2D eigenvalue weighted by Crippen LogP contribution is 2.17. The lowest BCUT2D eigenvalue weighted by molar-refractivity contribution is -0.143. The van der Waals surface area contributed by atoms with Crippen LogP contribution in [0.4, 0.5) is 0 Å². The third-order valence-electron chi connectivity index (χ3n) is 14.2. The molecule has 0 rings (SSSR count). The summed E-state index contributed by atoms with van der Waals surface area (Å²) in [5.41, 5.74) is 0. The minimum absolute atomic E-state index is 0.00374. The molecule has 6 heteroatoms. The van der Waals surface area contributed by atoms with Crippen LogP contribution in [0.5, 0.6) is 0 Å². The van der Waals surface area contributed by atoms with Gasteiger partial charge >= 0.3 is 5.97 Å². The molecule has 6 nitrogen and oxygen atoms in total. The van der Waals surface area contributed by atoms with Crippen LogP contribution in [0.15, 0.2) is 24.3 Å². The van der Waals surface area contributed by atoms with Gasteiger partial charge in [-0.25, -0.2) is 0 Å². The van der Waals surface area contributed by atoms with Crippen molar-refractivity contribution in [2.24, 2.45) is 0 Å². The average Bonchev–Trinajstić information content (AvgIpc) is 3.34. The normalized spacial score (nSPS) is 12.7. The van der Waals surface area contributed by atoms with E-state index in [0.29, 0.717) is 19.4 Å². The topological polar surface area (TPSA) is 95.9 Å². The number of hydrogen-bond donors (Lipinski definition) is 3. The van der Waals surface area contributed by atoms with Gasteiger partial charge in [0, 0.05) is 12.8 Å². The van der Waals surface area contributed by atoms with E-state index < -0.39 is 12.1 Å². The standard InChI is InChI=1S/C62H119NO5/c1-3-5-7-9-11-13-15-17-26-30-34-38-42-46-50-54-60(65)59(58-64)63-61(66)55-51-47-43-39-35-31-28-24-22-20-19-21-23-25-29-33-37-41-45-49-53-57-68-62(67)56-52-48-44-40-36-32-27-18-16-14-12-10-8-6-4-2/h18,27,50,54,59-60,64-65H,3-17,19-26,28-49,51-53,55-58H2,1-2H3,(H,63,66)/b27-18-,54-50+. The molecule has 68 heavy (non-hydrogen) atoms. The number of hydrogen-bond acceptors (Lipinski definition) is 5. The number of nitrogens with one attached hydrogen (secondary N) is 1. The van der Waals surface area contributed by atoms with Crippen LogP contribution in [0.25, 0.3) is 0 Å². The molecule has 1 amide bonds. The van der Waals surface area contributed by atoms with Crippen molar-refractivity contribution in [2.75, 3.05) is 13.2 Å². The Balaban J connectivity index is 3.40. The molecule has 0 aromatic rings. The predicted molar refractivity (Wildman–Crippen MR) is 296 cm³/mol. The Bertz CT molecular complexity index is 1060. The van der Waals surface area contributed by atoms with Gasteiger partial charge in [-0.15, -0.1) is 0 Å². The van der Waals surface area contributed by atoms with Gasteiger partial charge in [-0.3, -0.25) is 9.59 Å². The predicted octanol–water partition coefficient (Wildman–Crippen LogP) is 19.0. The van der Waals surface area contributed by atoms with Crippen molar-refractivity contribution in [2.45, 2.75) is 347 Å². The van der Waals surface area contributed by atoms with E-state index >= 15 is 0 Å². The van der Waals surface area contributed by atoms with E-state index in [-0.39, 0.29) is 18.5 Å². The molecule has 3 N–H and O–H groups in total. The van der Waals surface area contributed by atoms with Crippen molar-refractivity contribution in [3.05, 3.63) is 24.3 Å². The number of aliphatic hydroxyl groups is 2. The van der Waals surface area contributed by atoms with Crippen molar-refractivity contribution in [1.82, 2.24) is 5.32 Å². The lowest BCUT2D eigenvalue weighted by Gasteiger charge is -2.20. The van der Waals surface area contributed by atoms with E-state index in [1.807, 2.05) is 6.08 Å². The maximum Gasteiger partial charge on any atom is 0.305 e. The Labute approximate surface area is 424 Å². The van der Waals surface area contributed by atoms with E-state index in [9.17, 15) is 19.8 Å². The third kappa shape index (κ3) is 53.7. The second-order valence-electron chi connectivity index (χ2n) is 21.0. The zero-order valence-electron chi connectivity index (χ0n) is 45.9. The molecule has 0 aliphatic heterocycles. The second-order valence-corrected chi connectivity index (χ2v) is 21.0. The number of carbonyl (C=O) groups excluding carboxylic acids is 2. The summed E-state index contributed by atoms with van der Waals surface area (Å²) < 4.78 is 5.48. The molecule has 0 radical (unpaired) electrons. The van der Waals surface area contributed by atoms with Gasteiger partial charge in [0.25, 0.3) is 0 Å². The molecule has 0 saturated heterocycles. The fraction of sp³-hybridized carbons (Fsp3) is 0.903. The zero-order chi connectivity index (χ0) is 49.3. The summed E-state index contributed by atoms with van der Waals surface area (Å²) in [7, 11) is 0. The summed E-state index contributed by atoms with van der Waals surface area (Å²) >= 11 is 0. The molecule has 2 unspecified atom stereocenters. The monoisotopic (exact) mass is 958 g/mol. The fourth-order valence-corrected chi connectivity index (χ4v) is 9.51. The fourth-order valence-electron chi connectivity index (χ4n) is 9.51. The summed E-state index contributed by atoms with van der Waals surface area (Å²) in [5.74, 6) is -0.0637. The molecule has 0 fully saturated rings. The van der Waals surface area contributed by atoms with Crippen molar-refractivity contribution >= 4 is 11.9 Å². The number of allylic oxidation sites excluding steroid dienone is 3. The average molecular weight is 959 g/mol. The van der Waals surface area contributed by atoms with Crippen LogP contribution in [-0.4, -0.2) is 47.4 Å². The quantitative estimate of drug-likeness (QED) is 0.0321. The minimum atomic E-state index is -0.845. The van der Waals surface area contributed by atoms with Crippen LogP contribution < -0.4 is 5.32 Å². The van der Waals surface area contributed by atoms with Gasteiger partial charge in [-0.05, 0) is 57.8 Å². The number of aliphatic hydroxyl groups excluding tert-OH is 2. The lowest BCUT2D eigenvalue weighted by Crippen LogP contribution is -2.45. The smallest absolute Gasteiger partial charge is 0.305 e. The van der Waals surface area contributed by atoms with Gasteiger partial charge in [0.15, 0.2) is 0 Å². The Morgan fingerprint density at radius 3 is 1.04 bits per heavy atom. The molecule has 0 bridgehead atoms. The highest BCUT2D eigenvalue weighted by molar-refractivity contribution is 5.76. The first-order chi connectivity index (χ1) is 33.5. The molecule has 0 aromatic heterocycles. The first-order valence-electron chi connectivity index (χ1n) is 30.6. The van der Waals surface area contributed by atoms with Crippen LogP contribution in [0.3, 0.4) is 0 Å². The van der Waals surface area contributed by atoms with Gasteiger partial charge in [0.05, 0.1) is 25.4 Å². The van der Waals surface area contributed by atoms with E-state index in [4.69, 9.17) is 4.74 Å². The zero-order valence-corrected chi connectivity index (χ0v) is 45.9. The Kier molecular flexibility index (Phi) is 56.5. The van der Waals surface area contributed by atoms with Gasteiger partial charge in [0.1, 0.15) is 0 Å². The Morgan fingerprint density at radius 2 is 0.691 bits per heavy atom. The van der Waals surface area contributed by atoms with E-state index in [1.165, 1.54) is 263 Å². The minimum Gasteiger partial charge on any atom is -0.466 e. The van der Waals surface area contributed by atoms with Crippen molar-refractivity contribution in [3.63, 3.8) is 0 Å². The molecule has 0 spiro atoms. The van der Waals surface area contributed by atoms with E-state index in [1.54, 1.807) is 6.08 Å². The maximum absolute atomic E-state index is 12.5.